The summed E-state index contributed by atoms with van der Waals surface area (Å²) in [6, 6.07) is 0. The smallest absolute Gasteiger partial charge is 0.00953 e. The summed E-state index contributed by atoms with van der Waals surface area (Å²) in [5.74, 6) is 2.46. The molecule has 11 heavy (non-hydrogen) atoms. The fourth-order valence-corrected chi connectivity index (χ4v) is 2.76. The predicted molar refractivity (Wildman–Crippen MR) is 56.1 cm³/mol. The highest BCUT2D eigenvalue weighted by molar-refractivity contribution is 7.99. The number of rotatable bonds is 4. The summed E-state index contributed by atoms with van der Waals surface area (Å²) in [4.78, 5) is 0. The molecule has 0 fully saturated rings. The Bertz CT molecular complexity index is 97.0. The van der Waals surface area contributed by atoms with E-state index >= 15 is 0 Å². The first kappa shape index (κ1) is 11.4. The minimum absolute atomic E-state index is 0.808. The first-order chi connectivity index (χ1) is 5.00. The van der Waals surface area contributed by atoms with E-state index in [1.54, 1.807) is 0 Å². The Labute approximate surface area is 76.1 Å². The zero-order chi connectivity index (χ0) is 9.02. The van der Waals surface area contributed by atoms with Gasteiger partial charge in [-0.1, -0.05) is 34.6 Å². The SMILES string of the molecule is CSC(C(C)C)C(C)C(C)C. The standard InChI is InChI=1S/C10H22S/c1-7(2)9(5)10(11-6)8(3)4/h7-10H,1-6H3. The van der Waals surface area contributed by atoms with E-state index in [1.807, 2.05) is 11.8 Å². The van der Waals surface area contributed by atoms with Crippen LogP contribution in [0.15, 0.2) is 0 Å². The van der Waals surface area contributed by atoms with Crippen molar-refractivity contribution in [3.63, 3.8) is 0 Å². The van der Waals surface area contributed by atoms with Gasteiger partial charge in [0, 0.05) is 5.25 Å². The van der Waals surface area contributed by atoms with Gasteiger partial charge in [0.25, 0.3) is 0 Å². The van der Waals surface area contributed by atoms with Crippen LogP contribution < -0.4 is 0 Å². The Morgan fingerprint density at radius 3 is 1.36 bits per heavy atom. The van der Waals surface area contributed by atoms with Crippen molar-refractivity contribution in [2.45, 2.75) is 39.9 Å². The maximum Gasteiger partial charge on any atom is 0.00953 e. The van der Waals surface area contributed by atoms with Crippen LogP contribution >= 0.6 is 11.8 Å². The molecular formula is C10H22S. The van der Waals surface area contributed by atoms with Gasteiger partial charge in [0.1, 0.15) is 0 Å². The summed E-state index contributed by atoms with van der Waals surface area (Å²) in [7, 11) is 0. The second kappa shape index (κ2) is 5.08. The average molecular weight is 174 g/mol. The van der Waals surface area contributed by atoms with E-state index in [-0.39, 0.29) is 0 Å². The minimum atomic E-state index is 0.808. The van der Waals surface area contributed by atoms with E-state index in [9.17, 15) is 0 Å². The highest BCUT2D eigenvalue weighted by Gasteiger charge is 2.21. The Morgan fingerprint density at radius 2 is 1.27 bits per heavy atom. The lowest BCUT2D eigenvalue weighted by Crippen LogP contribution is -2.24. The number of thioether (sulfide) groups is 1. The van der Waals surface area contributed by atoms with Crippen molar-refractivity contribution in [2.75, 3.05) is 6.26 Å². The van der Waals surface area contributed by atoms with E-state index in [0.29, 0.717) is 0 Å². The van der Waals surface area contributed by atoms with E-state index in [0.717, 1.165) is 23.0 Å². The molecule has 0 aliphatic carbocycles. The van der Waals surface area contributed by atoms with Gasteiger partial charge in [-0.05, 0) is 24.0 Å². The van der Waals surface area contributed by atoms with Crippen molar-refractivity contribution in [3.05, 3.63) is 0 Å². The monoisotopic (exact) mass is 174 g/mol. The molecule has 0 aromatic heterocycles. The molecule has 0 N–H and O–H groups in total. The van der Waals surface area contributed by atoms with Crippen LogP contribution in [-0.2, 0) is 0 Å². The summed E-state index contributed by atoms with van der Waals surface area (Å²) in [5, 5.41) is 0.829. The van der Waals surface area contributed by atoms with Crippen molar-refractivity contribution in [2.24, 2.45) is 17.8 Å². The Kier molecular flexibility index (Phi) is 5.24. The molecule has 0 aromatic carbocycles. The number of hydrogen-bond donors (Lipinski definition) is 0. The van der Waals surface area contributed by atoms with E-state index < -0.39 is 0 Å². The van der Waals surface area contributed by atoms with Crippen LogP contribution in [0.1, 0.15) is 34.6 Å². The molecular weight excluding hydrogens is 152 g/mol. The van der Waals surface area contributed by atoms with Gasteiger partial charge in [-0.15, -0.1) is 0 Å². The third kappa shape index (κ3) is 3.50. The summed E-state index contributed by atoms with van der Waals surface area (Å²) >= 11 is 2.01. The van der Waals surface area contributed by atoms with Crippen LogP contribution in [0.4, 0.5) is 0 Å². The summed E-state index contributed by atoms with van der Waals surface area (Å²) in [5.41, 5.74) is 0. The molecule has 2 atom stereocenters. The van der Waals surface area contributed by atoms with Crippen LogP contribution in [0.3, 0.4) is 0 Å². The lowest BCUT2D eigenvalue weighted by molar-refractivity contribution is 0.357. The lowest BCUT2D eigenvalue weighted by Gasteiger charge is -2.28. The molecule has 0 aromatic rings. The van der Waals surface area contributed by atoms with Gasteiger partial charge in [0.15, 0.2) is 0 Å². The Morgan fingerprint density at radius 1 is 0.818 bits per heavy atom. The second-order valence-electron chi connectivity index (χ2n) is 4.05. The minimum Gasteiger partial charge on any atom is -0.161 e. The van der Waals surface area contributed by atoms with Crippen molar-refractivity contribution >= 4 is 11.8 Å². The molecule has 0 saturated heterocycles. The van der Waals surface area contributed by atoms with Crippen LogP contribution in [0.5, 0.6) is 0 Å². The zero-order valence-electron chi connectivity index (χ0n) is 8.72. The van der Waals surface area contributed by atoms with Crippen molar-refractivity contribution < 1.29 is 0 Å². The highest BCUT2D eigenvalue weighted by Crippen LogP contribution is 2.29. The lowest BCUT2D eigenvalue weighted by atomic mass is 9.89. The average Bonchev–Trinajstić information content (AvgIpc) is 1.88. The Balaban J connectivity index is 4.02. The van der Waals surface area contributed by atoms with Gasteiger partial charge in [-0.2, -0.15) is 11.8 Å². The molecule has 68 valence electrons. The first-order valence-electron chi connectivity index (χ1n) is 4.53. The van der Waals surface area contributed by atoms with Gasteiger partial charge >= 0.3 is 0 Å². The van der Waals surface area contributed by atoms with E-state index in [4.69, 9.17) is 0 Å². The molecule has 0 rings (SSSR count). The second-order valence-corrected chi connectivity index (χ2v) is 5.06. The van der Waals surface area contributed by atoms with E-state index in [2.05, 4.69) is 40.9 Å². The third-order valence-electron chi connectivity index (χ3n) is 2.50. The molecule has 0 aliphatic rings. The third-order valence-corrected chi connectivity index (χ3v) is 4.02. The van der Waals surface area contributed by atoms with E-state index in [1.165, 1.54) is 0 Å². The molecule has 0 amide bonds. The Hall–Kier alpha value is 0.350. The maximum atomic E-state index is 2.37. The molecule has 0 nitrogen and oxygen atoms in total. The fourth-order valence-electron chi connectivity index (χ4n) is 1.47. The summed E-state index contributed by atoms with van der Waals surface area (Å²) in [6.07, 6.45) is 2.23. The first-order valence-corrected chi connectivity index (χ1v) is 5.82. The summed E-state index contributed by atoms with van der Waals surface area (Å²) < 4.78 is 0. The predicted octanol–water partition coefficient (Wildman–Crippen LogP) is 3.67. The maximum absolute atomic E-state index is 2.37. The highest BCUT2D eigenvalue weighted by atomic mass is 32.2. The summed E-state index contributed by atoms with van der Waals surface area (Å²) in [6.45, 7) is 11.6. The van der Waals surface area contributed by atoms with Gasteiger partial charge in [-0.3, -0.25) is 0 Å². The normalized spacial score (nSPS) is 17.5. The quantitative estimate of drug-likeness (QED) is 0.626. The molecule has 0 bridgehead atoms. The molecule has 0 saturated carbocycles. The van der Waals surface area contributed by atoms with Crippen LogP contribution in [0, 0.1) is 17.8 Å². The van der Waals surface area contributed by atoms with Crippen molar-refractivity contribution in [1.82, 2.24) is 0 Å². The van der Waals surface area contributed by atoms with Crippen molar-refractivity contribution in [3.8, 4) is 0 Å². The van der Waals surface area contributed by atoms with Gasteiger partial charge in [0.05, 0.1) is 0 Å². The van der Waals surface area contributed by atoms with Crippen molar-refractivity contribution in [1.29, 1.82) is 0 Å². The topological polar surface area (TPSA) is 0 Å². The van der Waals surface area contributed by atoms with Crippen LogP contribution in [0.2, 0.25) is 0 Å². The molecule has 0 spiro atoms. The van der Waals surface area contributed by atoms with Gasteiger partial charge in [-0.25, -0.2) is 0 Å². The molecule has 0 radical (unpaired) electrons. The molecule has 2 unspecified atom stereocenters. The fraction of sp³-hybridized carbons (Fsp3) is 1.00. The molecule has 0 heterocycles. The van der Waals surface area contributed by atoms with Crippen LogP contribution in [-0.4, -0.2) is 11.5 Å². The molecule has 1 heteroatoms. The zero-order valence-corrected chi connectivity index (χ0v) is 9.53. The van der Waals surface area contributed by atoms with Crippen LogP contribution in [0.25, 0.3) is 0 Å². The van der Waals surface area contributed by atoms with Gasteiger partial charge < -0.3 is 0 Å². The largest absolute Gasteiger partial charge is 0.161 e. The van der Waals surface area contributed by atoms with Gasteiger partial charge in [0.2, 0.25) is 0 Å². The number of hydrogen-bond acceptors (Lipinski definition) is 1. The molecule has 0 aliphatic heterocycles.